The van der Waals surface area contributed by atoms with Crippen molar-refractivity contribution in [3.8, 4) is 0 Å². The van der Waals surface area contributed by atoms with Crippen molar-refractivity contribution in [2.24, 2.45) is 11.1 Å². The number of nitrogens with two attached hydrogens (primary N) is 1. The summed E-state index contributed by atoms with van der Waals surface area (Å²) in [6.07, 6.45) is 1.11. The van der Waals surface area contributed by atoms with Crippen LogP contribution in [0.2, 0.25) is 0 Å². The van der Waals surface area contributed by atoms with Crippen LogP contribution < -0.4 is 5.73 Å². The molecule has 0 aromatic heterocycles. The van der Waals surface area contributed by atoms with E-state index in [9.17, 15) is 0 Å². The van der Waals surface area contributed by atoms with E-state index in [1.54, 1.807) is 0 Å². The average molecular weight is 184 g/mol. The predicted octanol–water partition coefficient (Wildman–Crippen LogP) is 0.446. The van der Waals surface area contributed by atoms with Crippen LogP contribution in [0.25, 0.3) is 0 Å². The van der Waals surface area contributed by atoms with Crippen LogP contribution in [0.15, 0.2) is 0 Å². The van der Waals surface area contributed by atoms with E-state index in [0.717, 1.165) is 26.2 Å². The van der Waals surface area contributed by atoms with Crippen molar-refractivity contribution in [1.29, 1.82) is 0 Å². The van der Waals surface area contributed by atoms with Crippen LogP contribution >= 0.6 is 0 Å². The molecule has 0 aromatic carbocycles. The first-order valence-electron chi connectivity index (χ1n) is 5.11. The minimum absolute atomic E-state index is 0.176. The molecule has 0 saturated carbocycles. The SMILES string of the molecule is CC1(C)CN(C2(CN)CCOC2)C1. The zero-order chi connectivity index (χ0) is 9.53. The Balaban J connectivity index is 1.99. The molecule has 2 N–H and O–H groups in total. The van der Waals surface area contributed by atoms with E-state index in [0.29, 0.717) is 5.41 Å². The van der Waals surface area contributed by atoms with Crippen molar-refractivity contribution < 1.29 is 4.74 Å². The van der Waals surface area contributed by atoms with E-state index in [1.165, 1.54) is 13.1 Å². The summed E-state index contributed by atoms with van der Waals surface area (Å²) in [7, 11) is 0. The van der Waals surface area contributed by atoms with E-state index < -0.39 is 0 Å². The van der Waals surface area contributed by atoms with Gasteiger partial charge in [-0.25, -0.2) is 0 Å². The maximum Gasteiger partial charge on any atom is 0.0663 e. The summed E-state index contributed by atoms with van der Waals surface area (Å²) < 4.78 is 5.45. The molecule has 0 spiro atoms. The van der Waals surface area contributed by atoms with Crippen molar-refractivity contribution >= 4 is 0 Å². The highest BCUT2D eigenvalue weighted by Gasteiger charge is 2.48. The quantitative estimate of drug-likeness (QED) is 0.677. The molecule has 3 heteroatoms. The zero-order valence-corrected chi connectivity index (χ0v) is 8.68. The van der Waals surface area contributed by atoms with Crippen LogP contribution in [0, 0.1) is 5.41 Å². The molecule has 13 heavy (non-hydrogen) atoms. The van der Waals surface area contributed by atoms with Gasteiger partial charge in [0.05, 0.1) is 12.1 Å². The average Bonchev–Trinajstić information content (AvgIpc) is 2.49. The van der Waals surface area contributed by atoms with Crippen LogP contribution in [-0.4, -0.2) is 43.3 Å². The molecule has 76 valence electrons. The van der Waals surface area contributed by atoms with Gasteiger partial charge in [-0.1, -0.05) is 13.8 Å². The van der Waals surface area contributed by atoms with Gasteiger partial charge in [0.15, 0.2) is 0 Å². The molecule has 1 atom stereocenters. The Labute approximate surface area is 80.2 Å². The van der Waals surface area contributed by atoms with Crippen LogP contribution in [0.3, 0.4) is 0 Å². The topological polar surface area (TPSA) is 38.5 Å². The minimum atomic E-state index is 0.176. The van der Waals surface area contributed by atoms with Gasteiger partial charge >= 0.3 is 0 Å². The highest BCUT2D eigenvalue weighted by Crippen LogP contribution is 2.37. The van der Waals surface area contributed by atoms with Crippen molar-refractivity contribution in [3.05, 3.63) is 0 Å². The first kappa shape index (κ1) is 9.44. The van der Waals surface area contributed by atoms with Crippen molar-refractivity contribution in [1.82, 2.24) is 4.90 Å². The molecule has 2 rings (SSSR count). The number of hydrogen-bond donors (Lipinski definition) is 1. The molecular formula is C10H20N2O. The summed E-state index contributed by atoms with van der Waals surface area (Å²) in [6.45, 7) is 9.42. The van der Waals surface area contributed by atoms with Gasteiger partial charge in [-0.15, -0.1) is 0 Å². The molecule has 2 saturated heterocycles. The fraction of sp³-hybridized carbons (Fsp3) is 1.00. The van der Waals surface area contributed by atoms with Gasteiger partial charge in [-0.3, -0.25) is 4.90 Å². The number of rotatable bonds is 2. The number of nitrogens with zero attached hydrogens (tertiary/aromatic N) is 1. The number of ether oxygens (including phenoxy) is 1. The molecular weight excluding hydrogens is 164 g/mol. The molecule has 2 aliphatic rings. The molecule has 0 aromatic rings. The van der Waals surface area contributed by atoms with Crippen LogP contribution in [0.5, 0.6) is 0 Å². The van der Waals surface area contributed by atoms with E-state index in [1.807, 2.05) is 0 Å². The lowest BCUT2D eigenvalue weighted by Gasteiger charge is -2.54. The fourth-order valence-electron chi connectivity index (χ4n) is 2.46. The highest BCUT2D eigenvalue weighted by atomic mass is 16.5. The van der Waals surface area contributed by atoms with Gasteiger partial charge < -0.3 is 10.5 Å². The van der Waals surface area contributed by atoms with Crippen LogP contribution in [0.1, 0.15) is 20.3 Å². The predicted molar refractivity (Wildman–Crippen MR) is 52.6 cm³/mol. The van der Waals surface area contributed by atoms with Crippen molar-refractivity contribution in [3.63, 3.8) is 0 Å². The summed E-state index contributed by atoms with van der Waals surface area (Å²) in [5, 5.41) is 0. The lowest BCUT2D eigenvalue weighted by molar-refractivity contribution is -0.0587. The first-order valence-corrected chi connectivity index (χ1v) is 5.11. The Morgan fingerprint density at radius 3 is 2.46 bits per heavy atom. The van der Waals surface area contributed by atoms with Crippen molar-refractivity contribution in [2.75, 3.05) is 32.8 Å². The molecule has 0 aliphatic carbocycles. The third kappa shape index (κ3) is 1.49. The Morgan fingerprint density at radius 2 is 2.08 bits per heavy atom. The molecule has 0 radical (unpaired) electrons. The number of likely N-dealkylation sites (tertiary alicyclic amines) is 1. The second-order valence-corrected chi connectivity index (χ2v) is 5.25. The zero-order valence-electron chi connectivity index (χ0n) is 8.68. The van der Waals surface area contributed by atoms with Gasteiger partial charge in [0.2, 0.25) is 0 Å². The second-order valence-electron chi connectivity index (χ2n) is 5.25. The third-order valence-electron chi connectivity index (χ3n) is 3.37. The summed E-state index contributed by atoms with van der Waals surface area (Å²) >= 11 is 0. The second kappa shape index (κ2) is 2.94. The molecule has 2 fully saturated rings. The largest absolute Gasteiger partial charge is 0.379 e. The molecule has 0 amide bonds. The van der Waals surface area contributed by atoms with E-state index in [4.69, 9.17) is 10.5 Å². The Bertz CT molecular complexity index is 189. The monoisotopic (exact) mass is 184 g/mol. The van der Waals surface area contributed by atoms with Gasteiger partial charge in [-0.2, -0.15) is 0 Å². The summed E-state index contributed by atoms with van der Waals surface area (Å²) in [6, 6.07) is 0. The standard InChI is InChI=1S/C10H20N2O/c1-9(2)6-12(7-9)10(5-11)3-4-13-8-10/h3-8,11H2,1-2H3. The maximum absolute atomic E-state index is 5.85. The van der Waals surface area contributed by atoms with Gasteiger partial charge in [-0.05, 0) is 11.8 Å². The Hall–Kier alpha value is -0.120. The minimum Gasteiger partial charge on any atom is -0.379 e. The van der Waals surface area contributed by atoms with E-state index in [-0.39, 0.29) is 5.54 Å². The third-order valence-corrected chi connectivity index (χ3v) is 3.37. The molecule has 2 heterocycles. The van der Waals surface area contributed by atoms with Gasteiger partial charge in [0.25, 0.3) is 0 Å². The molecule has 1 unspecified atom stereocenters. The Kier molecular flexibility index (Phi) is 2.13. The summed E-state index contributed by atoms with van der Waals surface area (Å²) in [4.78, 5) is 2.50. The van der Waals surface area contributed by atoms with Crippen LogP contribution in [-0.2, 0) is 4.74 Å². The van der Waals surface area contributed by atoms with Gasteiger partial charge in [0.1, 0.15) is 0 Å². The maximum atomic E-state index is 5.85. The highest BCUT2D eigenvalue weighted by molar-refractivity contribution is 5.03. The first-order chi connectivity index (χ1) is 6.08. The molecule has 0 bridgehead atoms. The van der Waals surface area contributed by atoms with Gasteiger partial charge in [0, 0.05) is 26.2 Å². The molecule has 2 aliphatic heterocycles. The van der Waals surface area contributed by atoms with E-state index >= 15 is 0 Å². The lowest BCUT2D eigenvalue weighted by Crippen LogP contribution is -2.66. The molecule has 3 nitrogen and oxygen atoms in total. The number of hydrogen-bond acceptors (Lipinski definition) is 3. The lowest BCUT2D eigenvalue weighted by atomic mass is 9.79. The van der Waals surface area contributed by atoms with E-state index in [2.05, 4.69) is 18.7 Å². The summed E-state index contributed by atoms with van der Waals surface area (Å²) in [5.41, 5.74) is 6.51. The normalized spacial score (nSPS) is 39.0. The van der Waals surface area contributed by atoms with Crippen LogP contribution in [0.4, 0.5) is 0 Å². The fourth-order valence-corrected chi connectivity index (χ4v) is 2.46. The van der Waals surface area contributed by atoms with Crippen molar-refractivity contribution in [2.45, 2.75) is 25.8 Å². The summed E-state index contributed by atoms with van der Waals surface area (Å²) in [5.74, 6) is 0. The smallest absolute Gasteiger partial charge is 0.0663 e. The Morgan fingerprint density at radius 1 is 1.38 bits per heavy atom.